The van der Waals surface area contributed by atoms with E-state index >= 15 is 0 Å². The molecule has 0 unspecified atom stereocenters. The Morgan fingerprint density at radius 2 is 2.05 bits per heavy atom. The van der Waals surface area contributed by atoms with E-state index < -0.39 is 31.8 Å². The average Bonchev–Trinajstić information content (AvgIpc) is 2.89. The van der Waals surface area contributed by atoms with Crippen LogP contribution < -0.4 is 10.0 Å². The summed E-state index contributed by atoms with van der Waals surface area (Å²) in [6.07, 6.45) is 0.281. The summed E-state index contributed by atoms with van der Waals surface area (Å²) < 4.78 is 50.0. The van der Waals surface area contributed by atoms with Gasteiger partial charge in [-0.1, -0.05) is 0 Å². The zero-order valence-corrected chi connectivity index (χ0v) is 13.5. The van der Waals surface area contributed by atoms with Gasteiger partial charge in [0.05, 0.1) is 22.3 Å². The Bertz CT molecular complexity index is 845. The number of sulfonamides is 1. The summed E-state index contributed by atoms with van der Waals surface area (Å²) in [7, 11) is -6.97. The average molecular weight is 344 g/mol. The molecule has 1 saturated heterocycles. The predicted octanol–water partition coefficient (Wildman–Crippen LogP) is 0.208. The molecule has 0 saturated carbocycles. The molecule has 1 fully saturated rings. The third-order valence-corrected chi connectivity index (χ3v) is 7.29. The SMILES string of the molecule is C[C@@H]1C(=O)Nc2ccc(S(=O)(=O)N[C@H]3CCS(=O)(=O)C3)cc21. The third-order valence-electron chi connectivity index (χ3n) is 4.01. The molecule has 9 heteroatoms. The fourth-order valence-electron chi connectivity index (χ4n) is 2.74. The van der Waals surface area contributed by atoms with Gasteiger partial charge in [-0.15, -0.1) is 0 Å². The third kappa shape index (κ3) is 2.75. The molecule has 2 atom stereocenters. The molecule has 0 radical (unpaired) electrons. The first kappa shape index (κ1) is 15.4. The van der Waals surface area contributed by atoms with Gasteiger partial charge in [-0.05, 0) is 37.1 Å². The summed E-state index contributed by atoms with van der Waals surface area (Å²) >= 11 is 0. The van der Waals surface area contributed by atoms with Crippen molar-refractivity contribution < 1.29 is 21.6 Å². The number of anilines is 1. The number of hydrogen-bond donors (Lipinski definition) is 2. The molecular formula is C13H16N2O5S2. The molecule has 1 aromatic carbocycles. The van der Waals surface area contributed by atoms with E-state index in [4.69, 9.17) is 0 Å². The standard InChI is InChI=1S/C13H16N2O5S2/c1-8-11-6-10(2-3-12(11)14-13(8)16)22(19,20)15-9-4-5-21(17,18)7-9/h2-3,6,8-9,15H,4-5,7H2,1H3,(H,14,16)/t8-,9-/m0/s1. The number of fused-ring (bicyclic) bond motifs is 1. The van der Waals surface area contributed by atoms with E-state index in [-0.39, 0.29) is 28.7 Å². The smallest absolute Gasteiger partial charge is 0.240 e. The number of hydrogen-bond acceptors (Lipinski definition) is 5. The molecule has 2 N–H and O–H groups in total. The molecule has 120 valence electrons. The molecule has 0 spiro atoms. The maximum Gasteiger partial charge on any atom is 0.240 e. The number of benzene rings is 1. The Morgan fingerprint density at radius 1 is 1.32 bits per heavy atom. The minimum Gasteiger partial charge on any atom is -0.325 e. The van der Waals surface area contributed by atoms with Gasteiger partial charge in [0.25, 0.3) is 0 Å². The van der Waals surface area contributed by atoms with Crippen molar-refractivity contribution in [3.63, 3.8) is 0 Å². The van der Waals surface area contributed by atoms with Crippen LogP contribution in [0, 0.1) is 0 Å². The van der Waals surface area contributed by atoms with Gasteiger partial charge < -0.3 is 5.32 Å². The normalized spacial score (nSPS) is 26.7. The van der Waals surface area contributed by atoms with Crippen LogP contribution in [0.2, 0.25) is 0 Å². The van der Waals surface area contributed by atoms with Crippen LogP contribution in [0.5, 0.6) is 0 Å². The van der Waals surface area contributed by atoms with Crippen LogP contribution >= 0.6 is 0 Å². The highest BCUT2D eigenvalue weighted by Crippen LogP contribution is 2.33. The lowest BCUT2D eigenvalue weighted by Crippen LogP contribution is -2.35. The summed E-state index contributed by atoms with van der Waals surface area (Å²) in [6, 6.07) is 3.82. The Labute approximate surface area is 129 Å². The zero-order chi connectivity index (χ0) is 16.1. The van der Waals surface area contributed by atoms with Gasteiger partial charge in [0, 0.05) is 11.7 Å². The highest BCUT2D eigenvalue weighted by atomic mass is 32.2. The van der Waals surface area contributed by atoms with E-state index in [1.165, 1.54) is 12.1 Å². The number of nitrogens with one attached hydrogen (secondary N) is 2. The topological polar surface area (TPSA) is 109 Å². The van der Waals surface area contributed by atoms with Gasteiger partial charge in [-0.2, -0.15) is 0 Å². The maximum absolute atomic E-state index is 12.4. The molecule has 1 amide bonds. The van der Waals surface area contributed by atoms with Gasteiger partial charge >= 0.3 is 0 Å². The van der Waals surface area contributed by atoms with Crippen molar-refractivity contribution in [2.24, 2.45) is 0 Å². The van der Waals surface area contributed by atoms with Crippen LogP contribution in [-0.4, -0.2) is 40.3 Å². The fourth-order valence-corrected chi connectivity index (χ4v) is 5.82. The molecule has 2 heterocycles. The zero-order valence-electron chi connectivity index (χ0n) is 11.9. The molecule has 0 aromatic heterocycles. The largest absolute Gasteiger partial charge is 0.325 e. The molecule has 22 heavy (non-hydrogen) atoms. The Balaban J connectivity index is 1.86. The monoisotopic (exact) mass is 344 g/mol. The van der Waals surface area contributed by atoms with Gasteiger partial charge in [-0.3, -0.25) is 4.79 Å². The quantitative estimate of drug-likeness (QED) is 0.814. The van der Waals surface area contributed by atoms with Crippen molar-refractivity contribution in [1.29, 1.82) is 0 Å². The summed E-state index contributed by atoms with van der Waals surface area (Å²) in [5.74, 6) is -0.746. The molecular weight excluding hydrogens is 328 g/mol. The Hall–Kier alpha value is -1.45. The first-order chi connectivity index (χ1) is 10.2. The number of carbonyl (C=O) groups is 1. The van der Waals surface area contributed by atoms with E-state index in [0.29, 0.717) is 11.3 Å². The summed E-state index contributed by atoms with van der Waals surface area (Å²) in [5.41, 5.74) is 1.24. The lowest BCUT2D eigenvalue weighted by atomic mass is 10.0. The predicted molar refractivity (Wildman–Crippen MR) is 80.9 cm³/mol. The van der Waals surface area contributed by atoms with E-state index in [2.05, 4.69) is 10.0 Å². The molecule has 3 rings (SSSR count). The molecule has 0 bridgehead atoms. The van der Waals surface area contributed by atoms with Crippen LogP contribution in [0.3, 0.4) is 0 Å². The fraction of sp³-hybridized carbons (Fsp3) is 0.462. The van der Waals surface area contributed by atoms with Crippen molar-refractivity contribution in [2.45, 2.75) is 30.2 Å². The summed E-state index contributed by atoms with van der Waals surface area (Å²) in [6.45, 7) is 1.70. The van der Waals surface area contributed by atoms with E-state index in [0.717, 1.165) is 0 Å². The second kappa shape index (κ2) is 5.04. The van der Waals surface area contributed by atoms with Crippen LogP contribution in [0.15, 0.2) is 23.1 Å². The lowest BCUT2D eigenvalue weighted by Gasteiger charge is -2.12. The Kier molecular flexibility index (Phi) is 3.54. The van der Waals surface area contributed by atoms with Gasteiger partial charge in [0.1, 0.15) is 0 Å². The van der Waals surface area contributed by atoms with E-state index in [1.54, 1.807) is 13.0 Å². The molecule has 2 aliphatic heterocycles. The minimum atomic E-state index is -3.81. The van der Waals surface area contributed by atoms with Crippen LogP contribution in [0.4, 0.5) is 5.69 Å². The lowest BCUT2D eigenvalue weighted by molar-refractivity contribution is -0.116. The second-order valence-electron chi connectivity index (χ2n) is 5.68. The van der Waals surface area contributed by atoms with Crippen molar-refractivity contribution in [1.82, 2.24) is 4.72 Å². The summed E-state index contributed by atoms with van der Waals surface area (Å²) in [4.78, 5) is 11.6. The highest BCUT2D eigenvalue weighted by molar-refractivity contribution is 7.92. The number of amides is 1. The van der Waals surface area contributed by atoms with Crippen LogP contribution in [0.25, 0.3) is 0 Å². The molecule has 7 nitrogen and oxygen atoms in total. The maximum atomic E-state index is 12.4. The second-order valence-corrected chi connectivity index (χ2v) is 9.62. The molecule has 2 aliphatic rings. The van der Waals surface area contributed by atoms with Crippen LogP contribution in [-0.2, 0) is 24.7 Å². The van der Waals surface area contributed by atoms with Crippen molar-refractivity contribution in [3.8, 4) is 0 Å². The van der Waals surface area contributed by atoms with Crippen molar-refractivity contribution in [2.75, 3.05) is 16.8 Å². The minimum absolute atomic E-state index is 0.000168. The number of rotatable bonds is 3. The van der Waals surface area contributed by atoms with E-state index in [1.807, 2.05) is 0 Å². The highest BCUT2D eigenvalue weighted by Gasteiger charge is 2.33. The van der Waals surface area contributed by atoms with E-state index in [9.17, 15) is 21.6 Å². The molecule has 0 aliphatic carbocycles. The van der Waals surface area contributed by atoms with Crippen molar-refractivity contribution in [3.05, 3.63) is 23.8 Å². The number of carbonyl (C=O) groups excluding carboxylic acids is 1. The number of sulfone groups is 1. The van der Waals surface area contributed by atoms with Crippen molar-refractivity contribution >= 4 is 31.5 Å². The first-order valence-corrected chi connectivity index (χ1v) is 10.2. The van der Waals surface area contributed by atoms with Gasteiger partial charge in [0.15, 0.2) is 9.84 Å². The van der Waals surface area contributed by atoms with Gasteiger partial charge in [-0.25, -0.2) is 21.6 Å². The Morgan fingerprint density at radius 3 is 2.68 bits per heavy atom. The van der Waals surface area contributed by atoms with Gasteiger partial charge in [0.2, 0.25) is 15.9 Å². The summed E-state index contributed by atoms with van der Waals surface area (Å²) in [5, 5.41) is 2.68. The molecule has 1 aromatic rings. The first-order valence-electron chi connectivity index (χ1n) is 6.85. The van der Waals surface area contributed by atoms with Crippen LogP contribution in [0.1, 0.15) is 24.8 Å².